The van der Waals surface area contributed by atoms with E-state index in [9.17, 15) is 9.36 Å². The molecule has 6 nitrogen and oxygen atoms in total. The highest BCUT2D eigenvalue weighted by atomic mass is 31.2. The Morgan fingerprint density at radius 2 is 1.84 bits per heavy atom. The van der Waals surface area contributed by atoms with Crippen LogP contribution in [0.25, 0.3) is 6.08 Å². The van der Waals surface area contributed by atoms with Gasteiger partial charge in [0.15, 0.2) is 5.78 Å². The highest BCUT2D eigenvalue weighted by Gasteiger charge is 2.37. The lowest BCUT2D eigenvalue weighted by Crippen LogP contribution is -2.28. The summed E-state index contributed by atoms with van der Waals surface area (Å²) in [6.45, 7) is 3.87. The predicted molar refractivity (Wildman–Crippen MR) is 95.9 cm³/mol. The van der Waals surface area contributed by atoms with Crippen LogP contribution in [0.15, 0.2) is 59.2 Å². The SMILES string of the molecule is CCOP(=O)(OCC)C(NC(=O)/C=C/c1ccco1)c1ccccc1. The molecule has 1 aromatic carbocycles. The molecule has 1 aromatic heterocycles. The zero-order chi connectivity index (χ0) is 18.1. The van der Waals surface area contributed by atoms with Gasteiger partial charge in [-0.2, -0.15) is 0 Å². The second-order valence-corrected chi connectivity index (χ2v) is 7.16. The van der Waals surface area contributed by atoms with Crippen molar-refractivity contribution in [3.05, 3.63) is 66.1 Å². The topological polar surface area (TPSA) is 77.8 Å². The van der Waals surface area contributed by atoms with Crippen molar-refractivity contribution in [1.29, 1.82) is 0 Å². The van der Waals surface area contributed by atoms with Crippen LogP contribution in [0.4, 0.5) is 0 Å². The van der Waals surface area contributed by atoms with Gasteiger partial charge in [0.2, 0.25) is 5.91 Å². The number of rotatable bonds is 9. The van der Waals surface area contributed by atoms with Crippen molar-refractivity contribution in [2.45, 2.75) is 19.6 Å². The Morgan fingerprint density at radius 1 is 1.16 bits per heavy atom. The van der Waals surface area contributed by atoms with Gasteiger partial charge in [-0.3, -0.25) is 9.36 Å². The second-order valence-electron chi connectivity index (χ2n) is 5.05. The van der Waals surface area contributed by atoms with E-state index in [2.05, 4.69) is 5.32 Å². The third-order valence-electron chi connectivity index (χ3n) is 3.27. The molecule has 1 heterocycles. The lowest BCUT2D eigenvalue weighted by molar-refractivity contribution is -0.116. The van der Waals surface area contributed by atoms with E-state index in [-0.39, 0.29) is 13.2 Å². The average molecular weight is 363 g/mol. The monoisotopic (exact) mass is 363 g/mol. The number of carbonyl (C=O) groups excluding carboxylic acids is 1. The van der Waals surface area contributed by atoms with Crippen LogP contribution >= 0.6 is 7.60 Å². The molecule has 1 unspecified atom stereocenters. The van der Waals surface area contributed by atoms with Crippen LogP contribution < -0.4 is 5.32 Å². The average Bonchev–Trinajstić information content (AvgIpc) is 3.12. The maximum absolute atomic E-state index is 13.2. The first-order valence-corrected chi connectivity index (χ1v) is 9.66. The molecule has 1 atom stereocenters. The van der Waals surface area contributed by atoms with Crippen molar-refractivity contribution in [1.82, 2.24) is 5.32 Å². The van der Waals surface area contributed by atoms with Crippen LogP contribution in [0.5, 0.6) is 0 Å². The molecule has 0 aliphatic rings. The van der Waals surface area contributed by atoms with Crippen LogP contribution in [-0.4, -0.2) is 19.1 Å². The minimum Gasteiger partial charge on any atom is -0.465 e. The van der Waals surface area contributed by atoms with Gasteiger partial charge in [0.05, 0.1) is 19.5 Å². The molecular weight excluding hydrogens is 341 g/mol. The zero-order valence-corrected chi connectivity index (χ0v) is 15.1. The molecular formula is C18H22NO5P. The molecule has 2 rings (SSSR count). The highest BCUT2D eigenvalue weighted by Crippen LogP contribution is 2.59. The summed E-state index contributed by atoms with van der Waals surface area (Å²) in [6.07, 6.45) is 4.36. The summed E-state index contributed by atoms with van der Waals surface area (Å²) in [5.41, 5.74) is 0.646. The standard InChI is InChI=1S/C18H22NO5P/c1-3-23-25(21,24-4-2)18(15-9-6-5-7-10-15)19-17(20)13-12-16-11-8-14-22-16/h5-14,18H,3-4H2,1-2H3,(H,19,20)/b13-12+. The summed E-state index contributed by atoms with van der Waals surface area (Å²) in [5, 5.41) is 2.73. The fourth-order valence-corrected chi connectivity index (χ4v) is 4.17. The van der Waals surface area contributed by atoms with E-state index >= 15 is 0 Å². The van der Waals surface area contributed by atoms with Crippen LogP contribution in [0, 0.1) is 0 Å². The van der Waals surface area contributed by atoms with E-state index in [0.29, 0.717) is 11.3 Å². The van der Waals surface area contributed by atoms with E-state index in [1.54, 1.807) is 50.2 Å². The Morgan fingerprint density at radius 3 is 2.40 bits per heavy atom. The Bertz CT molecular complexity index is 717. The molecule has 0 bridgehead atoms. The lowest BCUT2D eigenvalue weighted by Gasteiger charge is -2.27. The van der Waals surface area contributed by atoms with Crippen LogP contribution in [-0.2, 0) is 18.4 Å². The normalized spacial score (nSPS) is 13.0. The minimum atomic E-state index is -3.58. The smallest absolute Gasteiger partial charge is 0.357 e. The lowest BCUT2D eigenvalue weighted by atomic mass is 10.2. The molecule has 1 N–H and O–H groups in total. The van der Waals surface area contributed by atoms with Crippen molar-refractivity contribution in [3.63, 3.8) is 0 Å². The summed E-state index contributed by atoms with van der Waals surface area (Å²) in [7, 11) is -3.58. The first kappa shape index (κ1) is 19.2. The Labute approximate surface area is 147 Å². The molecule has 0 aliphatic heterocycles. The van der Waals surface area contributed by atoms with E-state index in [0.717, 1.165) is 0 Å². The van der Waals surface area contributed by atoms with Gasteiger partial charge in [-0.15, -0.1) is 0 Å². The van der Waals surface area contributed by atoms with Gasteiger partial charge in [0.25, 0.3) is 0 Å². The fourth-order valence-electron chi connectivity index (χ4n) is 2.25. The Hall–Kier alpha value is -2.14. The van der Waals surface area contributed by atoms with Crippen molar-refractivity contribution < 1.29 is 22.8 Å². The highest BCUT2D eigenvalue weighted by molar-refractivity contribution is 7.54. The number of hydrogen-bond donors (Lipinski definition) is 1. The quantitative estimate of drug-likeness (QED) is 0.529. The van der Waals surface area contributed by atoms with Gasteiger partial charge in [-0.25, -0.2) is 0 Å². The first-order chi connectivity index (χ1) is 12.1. The zero-order valence-electron chi connectivity index (χ0n) is 14.3. The predicted octanol–water partition coefficient (Wildman–Crippen LogP) is 4.37. The summed E-state index contributed by atoms with van der Waals surface area (Å²) in [5.74, 6) is -0.781. The summed E-state index contributed by atoms with van der Waals surface area (Å²) >= 11 is 0. The number of hydrogen-bond acceptors (Lipinski definition) is 5. The number of amides is 1. The van der Waals surface area contributed by atoms with Crippen molar-refractivity contribution in [3.8, 4) is 0 Å². The largest absolute Gasteiger partial charge is 0.465 e. The van der Waals surface area contributed by atoms with Crippen LogP contribution in [0.2, 0.25) is 0 Å². The van der Waals surface area contributed by atoms with Crippen LogP contribution in [0.1, 0.15) is 31.0 Å². The van der Waals surface area contributed by atoms with E-state index in [4.69, 9.17) is 13.5 Å². The summed E-state index contributed by atoms with van der Waals surface area (Å²) in [4.78, 5) is 12.3. The van der Waals surface area contributed by atoms with Gasteiger partial charge in [0, 0.05) is 6.08 Å². The van der Waals surface area contributed by atoms with Crippen LogP contribution in [0.3, 0.4) is 0 Å². The fraction of sp³-hybridized carbons (Fsp3) is 0.278. The summed E-state index contributed by atoms with van der Waals surface area (Å²) < 4.78 is 29.2. The van der Waals surface area contributed by atoms with E-state index in [1.807, 2.05) is 6.07 Å². The number of furan rings is 1. The Kier molecular flexibility index (Phi) is 7.19. The molecule has 0 aliphatic carbocycles. The maximum atomic E-state index is 13.2. The minimum absolute atomic E-state index is 0.207. The molecule has 0 spiro atoms. The van der Waals surface area contributed by atoms with Gasteiger partial charge < -0.3 is 18.8 Å². The molecule has 0 radical (unpaired) electrons. The van der Waals surface area contributed by atoms with Crippen molar-refractivity contribution >= 4 is 19.6 Å². The third kappa shape index (κ3) is 5.43. The number of nitrogens with one attached hydrogen (secondary N) is 1. The van der Waals surface area contributed by atoms with Gasteiger partial charge in [-0.1, -0.05) is 30.3 Å². The maximum Gasteiger partial charge on any atom is 0.357 e. The molecule has 0 saturated heterocycles. The molecule has 134 valence electrons. The number of benzene rings is 1. The first-order valence-electron chi connectivity index (χ1n) is 8.05. The Balaban J connectivity index is 2.25. The molecule has 7 heteroatoms. The van der Waals surface area contributed by atoms with Crippen molar-refractivity contribution in [2.24, 2.45) is 0 Å². The summed E-state index contributed by atoms with van der Waals surface area (Å²) in [6, 6.07) is 12.4. The molecule has 2 aromatic rings. The molecule has 0 fully saturated rings. The van der Waals surface area contributed by atoms with Gasteiger partial charge in [0.1, 0.15) is 5.76 Å². The third-order valence-corrected chi connectivity index (χ3v) is 5.57. The van der Waals surface area contributed by atoms with E-state index < -0.39 is 19.3 Å². The molecule has 25 heavy (non-hydrogen) atoms. The molecule has 1 amide bonds. The van der Waals surface area contributed by atoms with Gasteiger partial charge in [-0.05, 0) is 37.6 Å². The van der Waals surface area contributed by atoms with Crippen molar-refractivity contribution in [2.75, 3.05) is 13.2 Å². The van der Waals surface area contributed by atoms with E-state index in [1.165, 1.54) is 18.4 Å². The number of carbonyl (C=O) groups is 1. The second kappa shape index (κ2) is 9.37. The molecule has 0 saturated carbocycles. The van der Waals surface area contributed by atoms with Gasteiger partial charge >= 0.3 is 7.60 Å².